The van der Waals surface area contributed by atoms with E-state index in [4.69, 9.17) is 11.6 Å². The molecule has 2 N–H and O–H groups in total. The number of fused-ring (bicyclic) bond motifs is 1. The number of halogens is 1. The first-order valence-corrected chi connectivity index (χ1v) is 10.6. The third-order valence-electron chi connectivity index (χ3n) is 4.41. The second kappa shape index (κ2) is 7.35. The molecule has 0 saturated heterocycles. The van der Waals surface area contributed by atoms with Crippen LogP contribution in [-0.2, 0) is 10.0 Å². The number of sulfonamides is 1. The van der Waals surface area contributed by atoms with E-state index in [-0.39, 0.29) is 10.7 Å². The molecule has 146 valence electrons. The maximum atomic E-state index is 12.7. The second-order valence-electron chi connectivity index (χ2n) is 6.49. The number of rotatable bonds is 5. The maximum absolute atomic E-state index is 12.7. The lowest BCUT2D eigenvalue weighted by Gasteiger charge is -2.09. The zero-order valence-electron chi connectivity index (χ0n) is 15.3. The summed E-state index contributed by atoms with van der Waals surface area (Å²) in [7, 11) is -3.85. The molecule has 0 saturated carbocycles. The van der Waals surface area contributed by atoms with Crippen molar-refractivity contribution in [2.45, 2.75) is 11.8 Å². The van der Waals surface area contributed by atoms with E-state index in [1.807, 2.05) is 18.2 Å². The number of carbonyl (C=O) groups is 1. The van der Waals surface area contributed by atoms with Gasteiger partial charge in [0, 0.05) is 11.1 Å². The molecule has 0 aliphatic rings. The fourth-order valence-corrected chi connectivity index (χ4v) is 4.27. The van der Waals surface area contributed by atoms with E-state index in [0.717, 1.165) is 5.56 Å². The van der Waals surface area contributed by atoms with E-state index in [2.05, 4.69) is 14.7 Å². The maximum Gasteiger partial charge on any atom is 0.261 e. The van der Waals surface area contributed by atoms with Crippen LogP contribution in [0.2, 0.25) is 5.02 Å². The topological polar surface area (TPSA) is 91.9 Å². The Balaban J connectivity index is 1.67. The molecular weight excluding hydrogens is 410 g/mol. The summed E-state index contributed by atoms with van der Waals surface area (Å²) < 4.78 is 28.0. The summed E-state index contributed by atoms with van der Waals surface area (Å²) in [6.45, 7) is 1.39. The minimum absolute atomic E-state index is 0.0201. The Morgan fingerprint density at radius 2 is 1.83 bits per heavy atom. The van der Waals surface area contributed by atoms with Gasteiger partial charge in [0.05, 0.1) is 26.6 Å². The van der Waals surface area contributed by atoms with Gasteiger partial charge < -0.3 is 4.98 Å². The van der Waals surface area contributed by atoms with Crippen molar-refractivity contribution in [1.29, 1.82) is 0 Å². The molecule has 6 nitrogen and oxygen atoms in total. The number of nitrogens with zero attached hydrogens (tertiary/aromatic N) is 1. The van der Waals surface area contributed by atoms with Gasteiger partial charge in [-0.15, -0.1) is 0 Å². The molecule has 0 amide bonds. The highest BCUT2D eigenvalue weighted by Gasteiger charge is 2.16. The van der Waals surface area contributed by atoms with Gasteiger partial charge in [0.1, 0.15) is 5.82 Å². The molecule has 0 spiro atoms. The van der Waals surface area contributed by atoms with Crippen molar-refractivity contribution >= 4 is 44.1 Å². The average molecular weight is 426 g/mol. The number of hydrogen-bond donors (Lipinski definition) is 2. The number of aromatic amines is 1. The quantitative estimate of drug-likeness (QED) is 0.445. The number of aromatic nitrogens is 2. The molecule has 0 aliphatic carbocycles. The Morgan fingerprint density at radius 3 is 2.59 bits per heavy atom. The van der Waals surface area contributed by atoms with Crippen LogP contribution in [0.15, 0.2) is 71.6 Å². The molecule has 1 heterocycles. The zero-order chi connectivity index (χ0) is 20.6. The van der Waals surface area contributed by atoms with Crippen LogP contribution < -0.4 is 4.72 Å². The van der Waals surface area contributed by atoms with Gasteiger partial charge in [-0.1, -0.05) is 35.9 Å². The van der Waals surface area contributed by atoms with Crippen LogP contribution in [0.4, 0.5) is 5.69 Å². The summed E-state index contributed by atoms with van der Waals surface area (Å²) >= 11 is 6.23. The number of anilines is 1. The van der Waals surface area contributed by atoms with Crippen LogP contribution in [0.25, 0.3) is 22.4 Å². The van der Waals surface area contributed by atoms with E-state index in [1.165, 1.54) is 19.1 Å². The Morgan fingerprint density at radius 1 is 1.03 bits per heavy atom. The van der Waals surface area contributed by atoms with Crippen molar-refractivity contribution in [3.63, 3.8) is 0 Å². The summed E-state index contributed by atoms with van der Waals surface area (Å²) in [4.78, 5) is 19.2. The van der Waals surface area contributed by atoms with Gasteiger partial charge in [-0.05, 0) is 49.4 Å². The van der Waals surface area contributed by atoms with Gasteiger partial charge in [-0.25, -0.2) is 13.4 Å². The van der Waals surface area contributed by atoms with Crippen molar-refractivity contribution in [3.8, 4) is 11.4 Å². The van der Waals surface area contributed by atoms with Crippen molar-refractivity contribution in [1.82, 2.24) is 9.97 Å². The van der Waals surface area contributed by atoms with Crippen LogP contribution in [0, 0.1) is 0 Å². The minimum atomic E-state index is -3.85. The lowest BCUT2D eigenvalue weighted by Crippen LogP contribution is -2.13. The van der Waals surface area contributed by atoms with Crippen LogP contribution in [0.1, 0.15) is 17.3 Å². The Kier molecular flexibility index (Phi) is 4.86. The fourth-order valence-electron chi connectivity index (χ4n) is 2.95. The predicted octanol–water partition coefficient (Wildman–Crippen LogP) is 4.89. The number of Topliss-reactive ketones (excluding diaryl/α,β-unsaturated/α-hetero) is 1. The van der Waals surface area contributed by atoms with Gasteiger partial charge in [0.15, 0.2) is 5.78 Å². The Bertz CT molecular complexity index is 1350. The van der Waals surface area contributed by atoms with Gasteiger partial charge in [0.25, 0.3) is 10.0 Å². The SMILES string of the molecule is CC(=O)c1cccc(S(=O)(=O)Nc2ccc3nc(-c4ccccc4Cl)[nH]c3c2)c1. The molecular formula is C21H16ClN3O3S. The Labute approximate surface area is 172 Å². The van der Waals surface area contributed by atoms with Gasteiger partial charge in [0.2, 0.25) is 0 Å². The number of nitrogens with one attached hydrogen (secondary N) is 2. The molecule has 4 rings (SSSR count). The largest absolute Gasteiger partial charge is 0.338 e. The second-order valence-corrected chi connectivity index (χ2v) is 8.58. The summed E-state index contributed by atoms with van der Waals surface area (Å²) in [6.07, 6.45) is 0. The van der Waals surface area contributed by atoms with Crippen molar-refractivity contribution in [3.05, 3.63) is 77.3 Å². The van der Waals surface area contributed by atoms with E-state index >= 15 is 0 Å². The predicted molar refractivity (Wildman–Crippen MR) is 114 cm³/mol. The van der Waals surface area contributed by atoms with Gasteiger partial charge >= 0.3 is 0 Å². The molecule has 0 unspecified atom stereocenters. The first-order valence-electron chi connectivity index (χ1n) is 8.72. The van der Waals surface area contributed by atoms with Crippen LogP contribution in [-0.4, -0.2) is 24.2 Å². The third kappa shape index (κ3) is 3.87. The van der Waals surface area contributed by atoms with E-state index in [0.29, 0.717) is 33.1 Å². The highest BCUT2D eigenvalue weighted by Crippen LogP contribution is 2.28. The summed E-state index contributed by atoms with van der Waals surface area (Å²) in [5.41, 5.74) is 2.81. The lowest BCUT2D eigenvalue weighted by molar-refractivity contribution is 0.101. The smallest absolute Gasteiger partial charge is 0.261 e. The average Bonchev–Trinajstić information content (AvgIpc) is 3.11. The molecule has 8 heteroatoms. The molecule has 0 atom stereocenters. The molecule has 29 heavy (non-hydrogen) atoms. The van der Waals surface area contributed by atoms with Crippen molar-refractivity contribution < 1.29 is 13.2 Å². The summed E-state index contributed by atoms with van der Waals surface area (Å²) in [5.74, 6) is 0.396. The minimum Gasteiger partial charge on any atom is -0.338 e. The lowest BCUT2D eigenvalue weighted by atomic mass is 10.2. The molecule has 0 bridgehead atoms. The first-order chi connectivity index (χ1) is 13.8. The number of carbonyl (C=O) groups excluding carboxylic acids is 1. The van der Waals surface area contributed by atoms with Crippen molar-refractivity contribution in [2.24, 2.45) is 0 Å². The Hall–Kier alpha value is -3.16. The summed E-state index contributed by atoms with van der Waals surface area (Å²) in [6, 6.07) is 18.3. The molecule has 1 aromatic heterocycles. The van der Waals surface area contributed by atoms with Crippen LogP contribution >= 0.6 is 11.6 Å². The number of hydrogen-bond acceptors (Lipinski definition) is 4. The number of benzene rings is 3. The van der Waals surface area contributed by atoms with E-state index in [9.17, 15) is 13.2 Å². The number of ketones is 1. The number of H-pyrrole nitrogens is 1. The van der Waals surface area contributed by atoms with Crippen molar-refractivity contribution in [2.75, 3.05) is 4.72 Å². The van der Waals surface area contributed by atoms with Crippen LogP contribution in [0.5, 0.6) is 0 Å². The number of imidazole rings is 1. The molecule has 0 fully saturated rings. The monoisotopic (exact) mass is 425 g/mol. The molecule has 0 aliphatic heterocycles. The standard InChI is InChI=1S/C21H16ClN3O3S/c1-13(26)14-5-4-6-16(11-14)29(27,28)25-15-9-10-19-20(12-15)24-21(23-19)17-7-2-3-8-18(17)22/h2-12,25H,1H3,(H,23,24). The molecule has 4 aromatic rings. The first kappa shape index (κ1) is 19.2. The summed E-state index contributed by atoms with van der Waals surface area (Å²) in [5, 5.41) is 0.567. The van der Waals surface area contributed by atoms with Gasteiger partial charge in [-0.2, -0.15) is 0 Å². The molecule has 0 radical (unpaired) electrons. The van der Waals surface area contributed by atoms with E-state index < -0.39 is 10.0 Å². The molecule has 3 aromatic carbocycles. The highest BCUT2D eigenvalue weighted by molar-refractivity contribution is 7.92. The normalized spacial score (nSPS) is 11.5. The highest BCUT2D eigenvalue weighted by atomic mass is 35.5. The fraction of sp³-hybridized carbons (Fsp3) is 0.0476. The van der Waals surface area contributed by atoms with Crippen LogP contribution in [0.3, 0.4) is 0 Å². The zero-order valence-corrected chi connectivity index (χ0v) is 16.9. The third-order valence-corrected chi connectivity index (χ3v) is 6.12. The van der Waals surface area contributed by atoms with E-state index in [1.54, 1.807) is 36.4 Å². The van der Waals surface area contributed by atoms with Gasteiger partial charge in [-0.3, -0.25) is 9.52 Å².